The van der Waals surface area contributed by atoms with Crippen LogP contribution in [0.3, 0.4) is 0 Å². The Kier molecular flexibility index (Phi) is 4.93. The molecule has 5 nitrogen and oxygen atoms in total. The first-order valence-electron chi connectivity index (χ1n) is 8.38. The van der Waals surface area contributed by atoms with Crippen LogP contribution in [0.25, 0.3) is 0 Å². The average molecular weight is 367 g/mol. The predicted octanol–water partition coefficient (Wildman–Crippen LogP) is 4.06. The molecular formula is C18H20F3N3O2. The van der Waals surface area contributed by atoms with Crippen LogP contribution in [0.15, 0.2) is 30.3 Å². The molecule has 2 aromatic rings. The number of hydrogen-bond donors (Lipinski definition) is 1. The summed E-state index contributed by atoms with van der Waals surface area (Å²) >= 11 is 0. The molecule has 0 saturated heterocycles. The smallest absolute Gasteiger partial charge is 0.435 e. The lowest BCUT2D eigenvalue weighted by atomic mass is 10.1. The molecule has 1 atom stereocenters. The van der Waals surface area contributed by atoms with Gasteiger partial charge in [-0.25, -0.2) is 0 Å². The maximum Gasteiger partial charge on any atom is 0.435 e. The number of nitrogens with one attached hydrogen (secondary N) is 1. The van der Waals surface area contributed by atoms with Crippen LogP contribution in [-0.4, -0.2) is 22.8 Å². The topological polar surface area (TPSA) is 56.1 Å². The Hall–Kier alpha value is -2.51. The van der Waals surface area contributed by atoms with E-state index in [-0.39, 0.29) is 18.4 Å². The van der Waals surface area contributed by atoms with Crippen molar-refractivity contribution in [2.24, 2.45) is 5.92 Å². The fraction of sp³-hybridized carbons (Fsp3) is 0.444. The molecule has 1 unspecified atom stereocenters. The van der Waals surface area contributed by atoms with Crippen LogP contribution in [-0.2, 0) is 17.5 Å². The first kappa shape index (κ1) is 18.3. The quantitative estimate of drug-likeness (QED) is 0.838. The minimum Gasteiger partial charge on any atom is -0.497 e. The zero-order valence-corrected chi connectivity index (χ0v) is 14.5. The molecule has 140 valence electrons. The Bertz CT molecular complexity index is 797. The Labute approximate surface area is 149 Å². The number of ether oxygens (including phenoxy) is 1. The summed E-state index contributed by atoms with van der Waals surface area (Å²) in [4.78, 5) is 12.4. The van der Waals surface area contributed by atoms with Gasteiger partial charge >= 0.3 is 6.18 Å². The summed E-state index contributed by atoms with van der Waals surface area (Å²) in [6, 6.07) is 8.00. The average Bonchev–Trinajstić information content (AvgIpc) is 3.34. The summed E-state index contributed by atoms with van der Waals surface area (Å²) in [6.45, 7) is 1.76. The van der Waals surface area contributed by atoms with Gasteiger partial charge in [0.15, 0.2) is 5.69 Å². The Balaban J connectivity index is 1.71. The van der Waals surface area contributed by atoms with Crippen LogP contribution in [0.4, 0.5) is 18.9 Å². The normalized spacial score (nSPS) is 15.6. The van der Waals surface area contributed by atoms with Gasteiger partial charge < -0.3 is 10.1 Å². The van der Waals surface area contributed by atoms with Crippen molar-refractivity contribution >= 4 is 11.6 Å². The number of halogens is 3. The number of nitrogens with zero attached hydrogens (tertiary/aromatic N) is 2. The van der Waals surface area contributed by atoms with Gasteiger partial charge in [-0.1, -0.05) is 13.0 Å². The lowest BCUT2D eigenvalue weighted by Gasteiger charge is -2.14. The molecule has 8 heteroatoms. The molecule has 1 heterocycles. The number of hydrogen-bond acceptors (Lipinski definition) is 3. The van der Waals surface area contributed by atoms with Crippen LogP contribution >= 0.6 is 0 Å². The fourth-order valence-corrected chi connectivity index (χ4v) is 2.73. The van der Waals surface area contributed by atoms with Crippen molar-refractivity contribution in [1.29, 1.82) is 0 Å². The molecule has 0 bridgehead atoms. The molecular weight excluding hydrogens is 347 g/mol. The maximum atomic E-state index is 13.0. The zero-order chi connectivity index (χ0) is 18.9. The standard InChI is InChI=1S/C18H20F3N3O2/c1-11(17(25)22-13-4-3-5-14(8-13)26-2)10-24-15(12-6-7-12)9-16(23-24)18(19,20)21/h3-5,8-9,11-12H,6-7,10H2,1-2H3,(H,22,25). The Morgan fingerprint density at radius 3 is 2.73 bits per heavy atom. The van der Waals surface area contributed by atoms with Crippen molar-refractivity contribution in [3.8, 4) is 5.75 Å². The van der Waals surface area contributed by atoms with E-state index in [1.165, 1.54) is 11.8 Å². The third kappa shape index (κ3) is 4.17. The Morgan fingerprint density at radius 2 is 2.12 bits per heavy atom. The number of carbonyl (C=O) groups is 1. The van der Waals surface area contributed by atoms with E-state index in [0.717, 1.165) is 18.9 Å². The molecule has 1 saturated carbocycles. The van der Waals surface area contributed by atoms with Gasteiger partial charge in [0.1, 0.15) is 5.75 Å². The molecule has 1 N–H and O–H groups in total. The summed E-state index contributed by atoms with van der Waals surface area (Å²) < 4.78 is 45.3. The van der Waals surface area contributed by atoms with E-state index in [2.05, 4.69) is 10.4 Å². The highest BCUT2D eigenvalue weighted by Gasteiger charge is 2.38. The van der Waals surface area contributed by atoms with Crippen molar-refractivity contribution < 1.29 is 22.7 Å². The van der Waals surface area contributed by atoms with Crippen molar-refractivity contribution in [2.75, 3.05) is 12.4 Å². The van der Waals surface area contributed by atoms with Crippen LogP contribution in [0, 0.1) is 5.92 Å². The minimum atomic E-state index is -4.49. The monoisotopic (exact) mass is 367 g/mol. The maximum absolute atomic E-state index is 13.0. The zero-order valence-electron chi connectivity index (χ0n) is 14.5. The first-order chi connectivity index (χ1) is 12.3. The number of alkyl halides is 3. The highest BCUT2D eigenvalue weighted by atomic mass is 19.4. The molecule has 3 rings (SSSR count). The molecule has 0 spiro atoms. The second-order valence-electron chi connectivity index (χ2n) is 6.53. The minimum absolute atomic E-state index is 0.0950. The number of methoxy groups -OCH3 is 1. The lowest BCUT2D eigenvalue weighted by molar-refractivity contribution is -0.141. The van der Waals surface area contributed by atoms with Crippen LogP contribution in [0.5, 0.6) is 5.75 Å². The molecule has 1 aliphatic rings. The van der Waals surface area contributed by atoms with Crippen LogP contribution < -0.4 is 10.1 Å². The summed E-state index contributed by atoms with van der Waals surface area (Å²) in [5.41, 5.74) is 0.221. The van der Waals surface area contributed by atoms with Crippen LogP contribution in [0.2, 0.25) is 0 Å². The van der Waals surface area contributed by atoms with Crippen LogP contribution in [0.1, 0.15) is 37.1 Å². The molecule has 1 aliphatic carbocycles. The number of anilines is 1. The summed E-state index contributed by atoms with van der Waals surface area (Å²) in [5, 5.41) is 6.45. The molecule has 1 amide bonds. The molecule has 0 aliphatic heterocycles. The van der Waals surface area contributed by atoms with E-state index in [9.17, 15) is 18.0 Å². The van der Waals surface area contributed by atoms with E-state index >= 15 is 0 Å². The highest BCUT2D eigenvalue weighted by Crippen LogP contribution is 2.42. The SMILES string of the molecule is COc1cccc(NC(=O)C(C)Cn2nc(C(F)(F)F)cc2C2CC2)c1. The molecule has 26 heavy (non-hydrogen) atoms. The first-order valence-corrected chi connectivity index (χ1v) is 8.38. The van der Waals surface area contributed by atoms with Gasteiger partial charge in [0.05, 0.1) is 19.6 Å². The van der Waals surface area contributed by atoms with Gasteiger partial charge in [-0.2, -0.15) is 18.3 Å². The fourth-order valence-electron chi connectivity index (χ4n) is 2.73. The summed E-state index contributed by atoms with van der Waals surface area (Å²) in [5.74, 6) is -0.121. The second kappa shape index (κ2) is 7.01. The number of carbonyl (C=O) groups excluding carboxylic acids is 1. The van der Waals surface area contributed by atoms with E-state index < -0.39 is 17.8 Å². The van der Waals surface area contributed by atoms with Crippen molar-refractivity contribution in [1.82, 2.24) is 9.78 Å². The lowest BCUT2D eigenvalue weighted by Crippen LogP contribution is -2.25. The van der Waals surface area contributed by atoms with Gasteiger partial charge in [-0.15, -0.1) is 0 Å². The van der Waals surface area contributed by atoms with Gasteiger partial charge in [0.25, 0.3) is 0 Å². The van der Waals surface area contributed by atoms with E-state index in [4.69, 9.17) is 4.74 Å². The van der Waals surface area contributed by atoms with Gasteiger partial charge in [-0.3, -0.25) is 9.48 Å². The van der Waals surface area contributed by atoms with E-state index in [1.807, 2.05) is 0 Å². The molecule has 1 fully saturated rings. The molecule has 1 aromatic heterocycles. The van der Waals surface area contributed by atoms with Crippen molar-refractivity contribution in [2.45, 2.75) is 38.4 Å². The number of aromatic nitrogens is 2. The number of rotatable bonds is 6. The summed E-state index contributed by atoms with van der Waals surface area (Å²) in [6.07, 6.45) is -2.78. The van der Waals surface area contributed by atoms with E-state index in [1.54, 1.807) is 31.2 Å². The highest BCUT2D eigenvalue weighted by molar-refractivity contribution is 5.92. The molecule has 1 aromatic carbocycles. The van der Waals surface area contributed by atoms with Gasteiger partial charge in [0, 0.05) is 23.4 Å². The van der Waals surface area contributed by atoms with Crippen molar-refractivity contribution in [3.63, 3.8) is 0 Å². The van der Waals surface area contributed by atoms with Crippen molar-refractivity contribution in [3.05, 3.63) is 41.7 Å². The summed E-state index contributed by atoms with van der Waals surface area (Å²) in [7, 11) is 1.53. The third-order valence-corrected chi connectivity index (χ3v) is 4.33. The Morgan fingerprint density at radius 1 is 1.38 bits per heavy atom. The van der Waals surface area contributed by atoms with E-state index in [0.29, 0.717) is 17.1 Å². The molecule has 0 radical (unpaired) electrons. The largest absolute Gasteiger partial charge is 0.497 e. The predicted molar refractivity (Wildman–Crippen MR) is 90.0 cm³/mol. The van der Waals surface area contributed by atoms with Gasteiger partial charge in [0.2, 0.25) is 5.91 Å². The number of amides is 1. The van der Waals surface area contributed by atoms with Gasteiger partial charge in [-0.05, 0) is 31.0 Å². The number of benzene rings is 1. The third-order valence-electron chi connectivity index (χ3n) is 4.33. The second-order valence-corrected chi connectivity index (χ2v) is 6.53.